The van der Waals surface area contributed by atoms with E-state index < -0.39 is 16.6 Å². The average molecular weight is 427 g/mol. The lowest BCUT2D eigenvalue weighted by Gasteiger charge is -2.43. The van der Waals surface area contributed by atoms with Crippen molar-refractivity contribution in [1.29, 1.82) is 0 Å². The van der Waals surface area contributed by atoms with Crippen LogP contribution in [0.15, 0.2) is 36.7 Å². The first kappa shape index (κ1) is 18.7. The Bertz CT molecular complexity index is 1000. The molecule has 1 fully saturated rings. The van der Waals surface area contributed by atoms with Crippen LogP contribution in [0.4, 0.5) is 0 Å². The summed E-state index contributed by atoms with van der Waals surface area (Å²) in [5.41, 5.74) is 8.53. The molecule has 10 heteroatoms. The summed E-state index contributed by atoms with van der Waals surface area (Å²) < 4.78 is 22.1. The van der Waals surface area contributed by atoms with E-state index in [0.717, 1.165) is 16.6 Å². The molecule has 0 bridgehead atoms. The number of nitrogens with two attached hydrogens (primary N) is 1. The molecule has 4 heterocycles. The third kappa shape index (κ3) is 3.71. The van der Waals surface area contributed by atoms with Crippen LogP contribution in [-0.2, 0) is 0 Å². The van der Waals surface area contributed by atoms with Gasteiger partial charge in [0.05, 0.1) is 28.4 Å². The van der Waals surface area contributed by atoms with Gasteiger partial charge in [-0.3, -0.25) is 13.9 Å². The highest BCUT2D eigenvalue weighted by atomic mass is 35.5. The van der Waals surface area contributed by atoms with Gasteiger partial charge in [-0.05, 0) is 24.6 Å². The van der Waals surface area contributed by atoms with E-state index in [1.54, 1.807) is 16.8 Å². The number of thiophene rings is 1. The van der Waals surface area contributed by atoms with E-state index in [2.05, 4.69) is 10.4 Å². The third-order valence-electron chi connectivity index (χ3n) is 4.69. The maximum atomic E-state index is 12.7. The van der Waals surface area contributed by atoms with Crippen molar-refractivity contribution in [1.82, 2.24) is 14.9 Å². The van der Waals surface area contributed by atoms with Gasteiger partial charge in [-0.1, -0.05) is 17.7 Å². The van der Waals surface area contributed by atoms with E-state index in [1.807, 2.05) is 24.4 Å². The molecule has 1 amide bonds. The lowest BCUT2D eigenvalue weighted by atomic mass is 10.1. The van der Waals surface area contributed by atoms with Crippen molar-refractivity contribution < 1.29 is 13.9 Å². The zero-order chi connectivity index (χ0) is 19.2. The fourth-order valence-electron chi connectivity index (χ4n) is 3.22. The zero-order valence-electron chi connectivity index (χ0n) is 14.2. The van der Waals surface area contributed by atoms with E-state index in [-0.39, 0.29) is 23.5 Å². The highest BCUT2D eigenvalue weighted by Crippen LogP contribution is 2.44. The van der Waals surface area contributed by atoms with Crippen molar-refractivity contribution >= 4 is 45.0 Å². The second-order valence-electron chi connectivity index (χ2n) is 6.59. The maximum Gasteiger partial charge on any atom is 0.261 e. The molecule has 7 nitrogen and oxygen atoms in total. The Labute approximate surface area is 166 Å². The summed E-state index contributed by atoms with van der Waals surface area (Å²) in [6, 6.07) is 6.69. The summed E-state index contributed by atoms with van der Waals surface area (Å²) in [5.74, 6) is 0.0478. The number of nitrogens with zero attached hydrogens (tertiary/aromatic N) is 2. The lowest BCUT2D eigenvalue weighted by Crippen LogP contribution is -2.53. The number of fused-ring (bicyclic) bond motifs is 1. The van der Waals surface area contributed by atoms with Crippen molar-refractivity contribution in [3.05, 3.63) is 45.9 Å². The van der Waals surface area contributed by atoms with Gasteiger partial charge in [-0.2, -0.15) is 15.7 Å². The van der Waals surface area contributed by atoms with Gasteiger partial charge in [0.1, 0.15) is 4.34 Å². The van der Waals surface area contributed by atoms with Crippen molar-refractivity contribution in [2.75, 3.05) is 11.5 Å². The number of amides is 1. The molecule has 0 spiro atoms. The van der Waals surface area contributed by atoms with Crippen LogP contribution in [0, 0.1) is 0 Å². The number of hydrogen-bond donors (Lipinski definition) is 4. The average Bonchev–Trinajstić information content (AvgIpc) is 3.21. The van der Waals surface area contributed by atoms with Crippen LogP contribution >= 0.6 is 33.5 Å². The highest BCUT2D eigenvalue weighted by molar-refractivity contribution is 8.24. The Morgan fingerprint density at radius 1 is 1.41 bits per heavy atom. The summed E-state index contributed by atoms with van der Waals surface area (Å²) in [6.07, 6.45) is 4.03. The minimum Gasteiger partial charge on any atom is -0.345 e. The first-order valence-corrected chi connectivity index (χ1v) is 11.4. The van der Waals surface area contributed by atoms with Gasteiger partial charge >= 0.3 is 0 Å². The predicted molar refractivity (Wildman–Crippen MR) is 110 cm³/mol. The molecule has 3 aromatic heterocycles. The quantitative estimate of drug-likeness (QED) is 0.513. The molecule has 0 radical (unpaired) electrons. The van der Waals surface area contributed by atoms with Crippen LogP contribution < -0.4 is 11.1 Å². The predicted octanol–water partition coefficient (Wildman–Crippen LogP) is 3.30. The van der Waals surface area contributed by atoms with Gasteiger partial charge in [0.25, 0.3) is 5.91 Å². The van der Waals surface area contributed by atoms with Crippen molar-refractivity contribution in [3.63, 3.8) is 0 Å². The van der Waals surface area contributed by atoms with Crippen LogP contribution in [0.3, 0.4) is 0 Å². The number of halogens is 1. The molecule has 0 aliphatic carbocycles. The minimum atomic E-state index is -2.68. The molecule has 0 aromatic carbocycles. The van der Waals surface area contributed by atoms with E-state index >= 15 is 0 Å². The molecule has 1 aliphatic rings. The monoisotopic (exact) mass is 426 g/mol. The molecule has 3 aromatic rings. The Morgan fingerprint density at radius 2 is 2.22 bits per heavy atom. The molecular weight excluding hydrogens is 408 g/mol. The number of nitrogens with one attached hydrogen (secondary N) is 1. The van der Waals surface area contributed by atoms with E-state index in [1.165, 1.54) is 11.3 Å². The molecule has 27 heavy (non-hydrogen) atoms. The first-order chi connectivity index (χ1) is 12.8. The molecule has 0 unspecified atom stereocenters. The summed E-state index contributed by atoms with van der Waals surface area (Å²) in [7, 11) is -2.68. The third-order valence-corrected chi connectivity index (χ3v) is 7.82. The molecule has 2 atom stereocenters. The van der Waals surface area contributed by atoms with Gasteiger partial charge in [0, 0.05) is 29.1 Å². The molecule has 1 saturated heterocycles. The van der Waals surface area contributed by atoms with Crippen LogP contribution in [-0.4, -0.2) is 48.2 Å². The maximum absolute atomic E-state index is 12.7. The smallest absolute Gasteiger partial charge is 0.261 e. The summed E-state index contributed by atoms with van der Waals surface area (Å²) in [5, 5.41) is 7.13. The molecule has 1 aliphatic heterocycles. The molecule has 144 valence electrons. The fraction of sp³-hybridized carbons (Fsp3) is 0.294. The van der Waals surface area contributed by atoms with E-state index in [0.29, 0.717) is 15.6 Å². The standard InChI is InChI=1S/C17H19ClN4O3S2/c18-16-10(11-8-20-22-5-2-1-3-14(11)22)7-15(26-16)17(23)21-13-9-27(24,25)6-4-12(13)19/h1-3,5,7-8,12-13,24-25H,4,6,9,19H2,(H,21,23)/t12-,13-/m0/s1. The lowest BCUT2D eigenvalue weighted by molar-refractivity contribution is 0.0938. The SMILES string of the molecule is N[C@H]1CCS(O)(O)C[C@@H]1NC(=O)c1cc(-c2cnn3ccccc23)c(Cl)s1. The van der Waals surface area contributed by atoms with Crippen molar-refractivity contribution in [2.45, 2.75) is 18.5 Å². The topological polar surface area (TPSA) is 113 Å². The largest absolute Gasteiger partial charge is 0.345 e. The molecule has 5 N–H and O–H groups in total. The molecular formula is C17H19ClN4O3S2. The zero-order valence-corrected chi connectivity index (χ0v) is 16.6. The summed E-state index contributed by atoms with van der Waals surface area (Å²) >= 11 is 7.57. The van der Waals surface area contributed by atoms with Gasteiger partial charge in [-0.25, -0.2) is 4.52 Å². The number of carbonyl (C=O) groups is 1. The summed E-state index contributed by atoms with van der Waals surface area (Å²) in [4.78, 5) is 13.1. The highest BCUT2D eigenvalue weighted by Gasteiger charge is 2.32. The normalized spacial score (nSPS) is 23.3. The van der Waals surface area contributed by atoms with Crippen molar-refractivity contribution in [2.24, 2.45) is 5.73 Å². The number of aromatic nitrogens is 2. The van der Waals surface area contributed by atoms with Gasteiger partial charge in [0.2, 0.25) is 0 Å². The second-order valence-corrected chi connectivity index (χ2v) is 10.6. The minimum absolute atomic E-state index is 0.0833. The van der Waals surface area contributed by atoms with Gasteiger partial charge < -0.3 is 11.1 Å². The Hall–Kier alpha value is -1.62. The van der Waals surface area contributed by atoms with Gasteiger partial charge in [-0.15, -0.1) is 11.3 Å². The first-order valence-electron chi connectivity index (χ1n) is 8.36. The van der Waals surface area contributed by atoms with Crippen LogP contribution in [0.1, 0.15) is 16.1 Å². The number of pyridine rings is 1. The van der Waals surface area contributed by atoms with Gasteiger partial charge in [0.15, 0.2) is 0 Å². The second kappa shape index (κ2) is 7.08. The van der Waals surface area contributed by atoms with E-state index in [4.69, 9.17) is 17.3 Å². The van der Waals surface area contributed by atoms with E-state index in [9.17, 15) is 13.9 Å². The number of hydrogen-bond acceptors (Lipinski definition) is 6. The number of rotatable bonds is 3. The van der Waals surface area contributed by atoms with Crippen LogP contribution in [0.2, 0.25) is 4.34 Å². The fourth-order valence-corrected chi connectivity index (χ4v) is 6.14. The molecule has 4 rings (SSSR count). The Morgan fingerprint density at radius 3 is 3.04 bits per heavy atom. The van der Waals surface area contributed by atoms with Crippen LogP contribution in [0.25, 0.3) is 16.6 Å². The molecule has 0 saturated carbocycles. The van der Waals surface area contributed by atoms with Crippen LogP contribution in [0.5, 0.6) is 0 Å². The van der Waals surface area contributed by atoms with Crippen molar-refractivity contribution in [3.8, 4) is 11.1 Å². The Kier molecular flexibility index (Phi) is 4.91. The summed E-state index contributed by atoms with van der Waals surface area (Å²) in [6.45, 7) is 0. The Balaban J connectivity index is 1.58. The number of carbonyl (C=O) groups excluding carboxylic acids is 1.